The first-order valence-electron chi connectivity index (χ1n) is 10.7. The number of piperazine rings is 1. The quantitative estimate of drug-likeness (QED) is 0.350. The Morgan fingerprint density at radius 3 is 2.64 bits per heavy atom. The molecule has 0 atom stereocenters. The number of aromatic nitrogens is 5. The zero-order valence-corrected chi connectivity index (χ0v) is 19.5. The molecule has 3 N–H and O–H groups in total. The van der Waals surface area contributed by atoms with Crippen LogP contribution >= 0.6 is 23.1 Å². The number of nitrogens with zero attached hydrogens (tertiary/aromatic N) is 6. The Morgan fingerprint density at radius 2 is 1.88 bits per heavy atom. The maximum absolute atomic E-state index is 9.21. The standard InChI is InChI=1S/C22H24N8OS2/c31-13-12-29-8-10-30(11-9-29)21-24-20(25-22(26-21)33-16-5-2-1-3-6-16)23-19-15-17(27-28-19)18-7-4-14-32-18/h1-7,14-15,31H,8-13H2,(H2,23,24,25,26,27,28). The molecule has 0 amide bonds. The molecule has 1 aliphatic rings. The van der Waals surface area contributed by atoms with Gasteiger partial charge in [0.1, 0.15) is 0 Å². The van der Waals surface area contributed by atoms with Crippen LogP contribution in [0.4, 0.5) is 17.7 Å². The summed E-state index contributed by atoms with van der Waals surface area (Å²) >= 11 is 3.16. The smallest absolute Gasteiger partial charge is 0.234 e. The van der Waals surface area contributed by atoms with Crippen LogP contribution in [0.25, 0.3) is 10.6 Å². The Labute approximate surface area is 199 Å². The van der Waals surface area contributed by atoms with Crippen LogP contribution < -0.4 is 10.2 Å². The lowest BCUT2D eigenvalue weighted by Crippen LogP contribution is -2.47. The van der Waals surface area contributed by atoms with Crippen molar-refractivity contribution in [1.82, 2.24) is 30.0 Å². The van der Waals surface area contributed by atoms with Gasteiger partial charge in [0, 0.05) is 43.7 Å². The molecule has 4 aromatic rings. The van der Waals surface area contributed by atoms with E-state index in [2.05, 4.69) is 30.3 Å². The molecule has 0 unspecified atom stereocenters. The summed E-state index contributed by atoms with van der Waals surface area (Å²) in [5, 5.41) is 22.5. The van der Waals surface area contributed by atoms with Gasteiger partial charge in [-0.05, 0) is 35.3 Å². The van der Waals surface area contributed by atoms with Crippen LogP contribution in [0.2, 0.25) is 0 Å². The van der Waals surface area contributed by atoms with Crippen molar-refractivity contribution < 1.29 is 5.11 Å². The molecule has 11 heteroatoms. The first kappa shape index (κ1) is 21.8. The molecule has 1 fully saturated rings. The van der Waals surface area contributed by atoms with Crippen molar-refractivity contribution in [3.05, 3.63) is 53.9 Å². The monoisotopic (exact) mass is 480 g/mol. The van der Waals surface area contributed by atoms with E-state index in [0.29, 0.717) is 29.4 Å². The Morgan fingerprint density at radius 1 is 1.03 bits per heavy atom. The summed E-state index contributed by atoms with van der Waals surface area (Å²) in [6.45, 7) is 4.18. The van der Waals surface area contributed by atoms with Gasteiger partial charge in [0.15, 0.2) is 11.0 Å². The van der Waals surface area contributed by atoms with E-state index < -0.39 is 0 Å². The van der Waals surface area contributed by atoms with Crippen molar-refractivity contribution in [3.63, 3.8) is 0 Å². The van der Waals surface area contributed by atoms with Crippen molar-refractivity contribution in [2.45, 2.75) is 10.1 Å². The van der Waals surface area contributed by atoms with Gasteiger partial charge < -0.3 is 15.3 Å². The van der Waals surface area contributed by atoms with Gasteiger partial charge in [-0.15, -0.1) is 11.3 Å². The van der Waals surface area contributed by atoms with Gasteiger partial charge in [-0.2, -0.15) is 20.1 Å². The highest BCUT2D eigenvalue weighted by Gasteiger charge is 2.21. The third-order valence-electron chi connectivity index (χ3n) is 5.23. The van der Waals surface area contributed by atoms with Crippen molar-refractivity contribution in [1.29, 1.82) is 0 Å². The molecule has 0 saturated carbocycles. The van der Waals surface area contributed by atoms with Gasteiger partial charge in [-0.1, -0.05) is 24.3 Å². The molecule has 4 heterocycles. The number of aliphatic hydroxyl groups excluding tert-OH is 1. The average molecular weight is 481 g/mol. The molecule has 9 nitrogen and oxygen atoms in total. The third-order valence-corrected chi connectivity index (χ3v) is 7.01. The van der Waals surface area contributed by atoms with Crippen molar-refractivity contribution in [2.75, 3.05) is 49.5 Å². The fourth-order valence-corrected chi connectivity index (χ4v) is 5.01. The number of anilines is 3. The average Bonchev–Trinajstić information content (AvgIpc) is 3.53. The molecule has 1 aromatic carbocycles. The second-order valence-electron chi connectivity index (χ2n) is 7.48. The number of rotatable bonds is 8. The van der Waals surface area contributed by atoms with Gasteiger partial charge in [-0.3, -0.25) is 10.00 Å². The minimum atomic E-state index is 0.175. The van der Waals surface area contributed by atoms with Crippen LogP contribution in [-0.2, 0) is 0 Å². The molecule has 0 spiro atoms. The first-order chi connectivity index (χ1) is 16.3. The van der Waals surface area contributed by atoms with E-state index in [4.69, 9.17) is 9.97 Å². The van der Waals surface area contributed by atoms with E-state index in [9.17, 15) is 5.11 Å². The summed E-state index contributed by atoms with van der Waals surface area (Å²) in [7, 11) is 0. The van der Waals surface area contributed by atoms with Gasteiger partial charge in [0.25, 0.3) is 0 Å². The zero-order chi connectivity index (χ0) is 22.5. The SMILES string of the molecule is OCCN1CCN(c2nc(Nc3cc(-c4cccs4)[nH]n3)nc(Sc3ccccc3)n2)CC1. The summed E-state index contributed by atoms with van der Waals surface area (Å²) < 4.78 is 0. The van der Waals surface area contributed by atoms with E-state index >= 15 is 0 Å². The topological polar surface area (TPSA) is 106 Å². The molecular weight excluding hydrogens is 456 g/mol. The Bertz CT molecular complexity index is 1160. The molecule has 0 bridgehead atoms. The lowest BCUT2D eigenvalue weighted by Gasteiger charge is -2.34. The summed E-state index contributed by atoms with van der Waals surface area (Å²) in [4.78, 5) is 20.7. The minimum Gasteiger partial charge on any atom is -0.395 e. The third kappa shape index (κ3) is 5.50. The molecular formula is C22H24N8OS2. The summed E-state index contributed by atoms with van der Waals surface area (Å²) in [5.41, 5.74) is 0.945. The number of nitrogens with one attached hydrogen (secondary N) is 2. The molecule has 0 aliphatic carbocycles. The second-order valence-corrected chi connectivity index (χ2v) is 9.47. The van der Waals surface area contributed by atoms with Crippen molar-refractivity contribution >= 4 is 40.8 Å². The zero-order valence-electron chi connectivity index (χ0n) is 17.9. The lowest BCUT2D eigenvalue weighted by molar-refractivity contribution is 0.188. The predicted octanol–water partition coefficient (Wildman–Crippen LogP) is 3.33. The maximum Gasteiger partial charge on any atom is 0.234 e. The van der Waals surface area contributed by atoms with Crippen molar-refractivity contribution in [3.8, 4) is 10.6 Å². The van der Waals surface area contributed by atoms with Crippen molar-refractivity contribution in [2.24, 2.45) is 0 Å². The second kappa shape index (κ2) is 10.3. The maximum atomic E-state index is 9.21. The molecule has 0 radical (unpaired) electrons. The molecule has 5 rings (SSSR count). The van der Waals surface area contributed by atoms with Gasteiger partial charge in [0.05, 0.1) is 17.2 Å². The van der Waals surface area contributed by atoms with Crippen LogP contribution in [0.1, 0.15) is 0 Å². The number of β-amino-alcohol motifs (C(OH)–C–C–N with tert-alkyl or cyclic N) is 1. The van der Waals surface area contributed by atoms with Crippen LogP contribution in [0.5, 0.6) is 0 Å². The normalized spacial score (nSPS) is 14.5. The highest BCUT2D eigenvalue weighted by molar-refractivity contribution is 7.99. The van der Waals surface area contributed by atoms with E-state index in [1.165, 1.54) is 11.8 Å². The first-order valence-corrected chi connectivity index (χ1v) is 12.4. The highest BCUT2D eigenvalue weighted by Crippen LogP contribution is 2.29. The minimum absolute atomic E-state index is 0.175. The predicted molar refractivity (Wildman–Crippen MR) is 131 cm³/mol. The molecule has 3 aromatic heterocycles. The summed E-state index contributed by atoms with van der Waals surface area (Å²) in [5.74, 6) is 1.75. The highest BCUT2D eigenvalue weighted by atomic mass is 32.2. The lowest BCUT2D eigenvalue weighted by atomic mass is 10.3. The van der Waals surface area contributed by atoms with Crippen LogP contribution in [0.15, 0.2) is 64.0 Å². The number of hydrogen-bond donors (Lipinski definition) is 3. The van der Waals surface area contributed by atoms with Crippen LogP contribution in [0, 0.1) is 0 Å². The number of benzene rings is 1. The molecule has 1 aliphatic heterocycles. The van der Waals surface area contributed by atoms with Gasteiger partial charge in [-0.25, -0.2) is 0 Å². The fourth-order valence-electron chi connectivity index (χ4n) is 3.55. The van der Waals surface area contributed by atoms with Crippen LogP contribution in [-0.4, -0.2) is 74.5 Å². The number of thiophene rings is 1. The number of H-pyrrole nitrogens is 1. The largest absolute Gasteiger partial charge is 0.395 e. The number of aliphatic hydroxyl groups is 1. The summed E-state index contributed by atoms with van der Waals surface area (Å²) in [6, 6.07) is 16.1. The van der Waals surface area contributed by atoms with E-state index in [0.717, 1.165) is 41.6 Å². The van der Waals surface area contributed by atoms with E-state index in [1.54, 1.807) is 11.3 Å². The van der Waals surface area contributed by atoms with E-state index in [-0.39, 0.29) is 6.61 Å². The Balaban J connectivity index is 1.39. The van der Waals surface area contributed by atoms with E-state index in [1.807, 2.05) is 53.9 Å². The Hall–Kier alpha value is -2.99. The molecule has 170 valence electrons. The number of hydrogen-bond acceptors (Lipinski definition) is 10. The number of aromatic amines is 1. The van der Waals surface area contributed by atoms with Gasteiger partial charge in [0.2, 0.25) is 11.9 Å². The molecule has 1 saturated heterocycles. The summed E-state index contributed by atoms with van der Waals surface area (Å²) in [6.07, 6.45) is 0. The Kier molecular flexibility index (Phi) is 6.81. The van der Waals surface area contributed by atoms with Gasteiger partial charge >= 0.3 is 0 Å². The molecule has 33 heavy (non-hydrogen) atoms. The fraction of sp³-hybridized carbons (Fsp3) is 0.273. The van der Waals surface area contributed by atoms with Crippen LogP contribution in [0.3, 0.4) is 0 Å².